The SMILES string of the molecule is CCOc1cc(CCl)ccc1OCc1cccc(F)c1Br. The Hall–Kier alpha value is -1.26. The second-order valence-corrected chi connectivity index (χ2v) is 5.41. The Bertz CT molecular complexity index is 619. The smallest absolute Gasteiger partial charge is 0.161 e. The molecule has 112 valence electrons. The maximum Gasteiger partial charge on any atom is 0.161 e. The molecule has 0 heterocycles. The molecular weight excluding hydrogens is 359 g/mol. The number of ether oxygens (including phenoxy) is 2. The second kappa shape index (κ2) is 7.66. The molecule has 0 aliphatic heterocycles. The lowest BCUT2D eigenvalue weighted by Gasteiger charge is -2.13. The van der Waals surface area contributed by atoms with E-state index in [1.165, 1.54) is 6.07 Å². The molecule has 0 saturated heterocycles. The van der Waals surface area contributed by atoms with Crippen molar-refractivity contribution >= 4 is 27.5 Å². The first-order valence-corrected chi connectivity index (χ1v) is 7.85. The molecule has 0 atom stereocenters. The number of hydrogen-bond acceptors (Lipinski definition) is 2. The number of alkyl halides is 1. The van der Waals surface area contributed by atoms with E-state index in [4.69, 9.17) is 21.1 Å². The molecule has 0 saturated carbocycles. The van der Waals surface area contributed by atoms with Gasteiger partial charge in [-0.25, -0.2) is 4.39 Å². The summed E-state index contributed by atoms with van der Waals surface area (Å²) in [7, 11) is 0. The highest BCUT2D eigenvalue weighted by Crippen LogP contribution is 2.31. The molecule has 2 nitrogen and oxygen atoms in total. The topological polar surface area (TPSA) is 18.5 Å². The van der Waals surface area contributed by atoms with Gasteiger partial charge in [-0.05, 0) is 46.6 Å². The van der Waals surface area contributed by atoms with Gasteiger partial charge in [0.1, 0.15) is 12.4 Å². The van der Waals surface area contributed by atoms with Crippen molar-refractivity contribution in [3.63, 3.8) is 0 Å². The lowest BCUT2D eigenvalue weighted by Crippen LogP contribution is -2.01. The van der Waals surface area contributed by atoms with Crippen molar-refractivity contribution in [2.45, 2.75) is 19.4 Å². The molecule has 0 aromatic heterocycles. The maximum atomic E-state index is 13.5. The Labute approximate surface area is 137 Å². The highest BCUT2D eigenvalue weighted by atomic mass is 79.9. The summed E-state index contributed by atoms with van der Waals surface area (Å²) < 4.78 is 25.2. The maximum absolute atomic E-state index is 13.5. The van der Waals surface area contributed by atoms with Crippen molar-refractivity contribution < 1.29 is 13.9 Å². The van der Waals surface area contributed by atoms with Gasteiger partial charge in [-0.2, -0.15) is 0 Å². The van der Waals surface area contributed by atoms with Crippen LogP contribution in [0.15, 0.2) is 40.9 Å². The van der Waals surface area contributed by atoms with Crippen LogP contribution in [0.5, 0.6) is 11.5 Å². The zero-order valence-corrected chi connectivity index (χ0v) is 13.9. The van der Waals surface area contributed by atoms with Gasteiger partial charge < -0.3 is 9.47 Å². The van der Waals surface area contributed by atoms with Gasteiger partial charge in [-0.15, -0.1) is 11.6 Å². The first kappa shape index (κ1) is 16.1. The van der Waals surface area contributed by atoms with E-state index >= 15 is 0 Å². The third-order valence-electron chi connectivity index (χ3n) is 2.88. The minimum atomic E-state index is -0.307. The molecule has 0 unspecified atom stereocenters. The van der Waals surface area contributed by atoms with Crippen LogP contribution in [0.1, 0.15) is 18.1 Å². The van der Waals surface area contributed by atoms with Gasteiger partial charge in [0.2, 0.25) is 0 Å². The Morgan fingerprint density at radius 1 is 1.14 bits per heavy atom. The van der Waals surface area contributed by atoms with Crippen LogP contribution < -0.4 is 9.47 Å². The first-order valence-electron chi connectivity index (χ1n) is 6.53. The van der Waals surface area contributed by atoms with Crippen LogP contribution >= 0.6 is 27.5 Å². The van der Waals surface area contributed by atoms with Crippen molar-refractivity contribution in [1.82, 2.24) is 0 Å². The Kier molecular flexibility index (Phi) is 5.88. The van der Waals surface area contributed by atoms with Crippen molar-refractivity contribution in [3.05, 3.63) is 57.8 Å². The molecule has 2 rings (SSSR count). The number of halogens is 3. The van der Waals surface area contributed by atoms with Crippen LogP contribution in [0.3, 0.4) is 0 Å². The molecule has 0 N–H and O–H groups in total. The third-order valence-corrected chi connectivity index (χ3v) is 4.07. The van der Waals surface area contributed by atoms with E-state index in [0.717, 1.165) is 11.1 Å². The molecule has 2 aromatic carbocycles. The zero-order chi connectivity index (χ0) is 15.2. The van der Waals surface area contributed by atoms with Gasteiger partial charge in [0, 0.05) is 11.4 Å². The summed E-state index contributed by atoms with van der Waals surface area (Å²) in [6, 6.07) is 10.4. The quantitative estimate of drug-likeness (QED) is 0.639. The minimum absolute atomic E-state index is 0.249. The summed E-state index contributed by atoms with van der Waals surface area (Å²) in [4.78, 5) is 0. The van der Waals surface area contributed by atoms with Crippen molar-refractivity contribution in [2.24, 2.45) is 0 Å². The lowest BCUT2D eigenvalue weighted by atomic mass is 10.2. The standard InChI is InChI=1S/C16H15BrClFO2/c1-2-20-15-8-11(9-18)6-7-14(15)21-10-12-4-3-5-13(19)16(12)17/h3-8H,2,9-10H2,1H3. The van der Waals surface area contributed by atoms with Crippen LogP contribution in [-0.4, -0.2) is 6.61 Å². The van der Waals surface area contributed by atoms with Crippen LogP contribution in [0.2, 0.25) is 0 Å². The molecule has 0 aliphatic rings. The fourth-order valence-corrected chi connectivity index (χ4v) is 2.38. The van der Waals surface area contributed by atoms with E-state index in [1.54, 1.807) is 12.1 Å². The molecule has 2 aromatic rings. The summed E-state index contributed by atoms with van der Waals surface area (Å²) in [5, 5.41) is 0. The van der Waals surface area contributed by atoms with E-state index in [-0.39, 0.29) is 12.4 Å². The lowest BCUT2D eigenvalue weighted by molar-refractivity contribution is 0.268. The fraction of sp³-hybridized carbons (Fsp3) is 0.250. The molecular formula is C16H15BrClFO2. The second-order valence-electron chi connectivity index (χ2n) is 4.35. The van der Waals surface area contributed by atoms with Crippen LogP contribution in [0.4, 0.5) is 4.39 Å². The van der Waals surface area contributed by atoms with Crippen LogP contribution in [0.25, 0.3) is 0 Å². The third kappa shape index (κ3) is 4.11. The number of benzene rings is 2. The summed E-state index contributed by atoms with van der Waals surface area (Å²) in [5.41, 5.74) is 1.69. The van der Waals surface area contributed by atoms with E-state index < -0.39 is 0 Å². The Morgan fingerprint density at radius 2 is 1.95 bits per heavy atom. The molecule has 0 amide bonds. The van der Waals surface area contributed by atoms with E-state index in [0.29, 0.717) is 28.5 Å². The highest BCUT2D eigenvalue weighted by Gasteiger charge is 2.09. The summed E-state index contributed by atoms with van der Waals surface area (Å²) in [6.07, 6.45) is 0. The van der Waals surface area contributed by atoms with Gasteiger partial charge in [0.05, 0.1) is 11.1 Å². The average Bonchev–Trinajstić information content (AvgIpc) is 2.50. The van der Waals surface area contributed by atoms with Gasteiger partial charge in [0.15, 0.2) is 11.5 Å². The summed E-state index contributed by atoms with van der Waals surface area (Å²) in [5.74, 6) is 1.36. The minimum Gasteiger partial charge on any atom is -0.490 e. The molecule has 0 radical (unpaired) electrons. The molecule has 5 heteroatoms. The first-order chi connectivity index (χ1) is 10.2. The van der Waals surface area contributed by atoms with E-state index in [9.17, 15) is 4.39 Å². The van der Waals surface area contributed by atoms with Crippen molar-refractivity contribution in [3.8, 4) is 11.5 Å². The Balaban J connectivity index is 2.17. The van der Waals surface area contributed by atoms with Crippen molar-refractivity contribution in [2.75, 3.05) is 6.61 Å². The van der Waals surface area contributed by atoms with Gasteiger partial charge in [-0.1, -0.05) is 18.2 Å². The normalized spacial score (nSPS) is 10.5. The molecule has 0 fully saturated rings. The Morgan fingerprint density at radius 3 is 2.67 bits per heavy atom. The van der Waals surface area contributed by atoms with Crippen molar-refractivity contribution in [1.29, 1.82) is 0 Å². The molecule has 0 spiro atoms. The highest BCUT2D eigenvalue weighted by molar-refractivity contribution is 9.10. The van der Waals surface area contributed by atoms with Crippen LogP contribution in [0, 0.1) is 5.82 Å². The fourth-order valence-electron chi connectivity index (χ4n) is 1.84. The number of hydrogen-bond donors (Lipinski definition) is 0. The van der Waals surface area contributed by atoms with Gasteiger partial charge in [0.25, 0.3) is 0 Å². The van der Waals surface area contributed by atoms with E-state index in [1.807, 2.05) is 25.1 Å². The summed E-state index contributed by atoms with van der Waals surface area (Å²) in [6.45, 7) is 2.69. The van der Waals surface area contributed by atoms with Gasteiger partial charge >= 0.3 is 0 Å². The van der Waals surface area contributed by atoms with Gasteiger partial charge in [-0.3, -0.25) is 0 Å². The predicted octanol–water partition coefficient (Wildman–Crippen LogP) is 5.30. The molecule has 0 aliphatic carbocycles. The van der Waals surface area contributed by atoms with Crippen LogP contribution in [-0.2, 0) is 12.5 Å². The monoisotopic (exact) mass is 372 g/mol. The predicted molar refractivity (Wildman–Crippen MR) is 85.6 cm³/mol. The molecule has 21 heavy (non-hydrogen) atoms. The molecule has 0 bridgehead atoms. The summed E-state index contributed by atoms with van der Waals surface area (Å²) >= 11 is 9.04. The van der Waals surface area contributed by atoms with E-state index in [2.05, 4.69) is 15.9 Å². The average molecular weight is 374 g/mol. The zero-order valence-electron chi connectivity index (χ0n) is 11.5. The largest absolute Gasteiger partial charge is 0.490 e. The number of rotatable bonds is 6.